The average molecular weight is 408 g/mol. The number of hydrogen-bond donors (Lipinski definition) is 0. The monoisotopic (exact) mass is 407 g/mol. The smallest absolute Gasteiger partial charge is 0.122 e. The van der Waals surface area contributed by atoms with E-state index in [0.717, 1.165) is 35.6 Å². The first-order valence-corrected chi connectivity index (χ1v) is 10.0. The molecule has 0 atom stereocenters. The third-order valence-electron chi connectivity index (χ3n) is 5.32. The molecule has 1 fully saturated rings. The van der Waals surface area contributed by atoms with Gasteiger partial charge >= 0.3 is 0 Å². The Morgan fingerprint density at radius 1 is 1.00 bits per heavy atom. The van der Waals surface area contributed by atoms with Crippen LogP contribution in [0.15, 0.2) is 48.5 Å². The minimum absolute atomic E-state index is 0. The van der Waals surface area contributed by atoms with Crippen LogP contribution in [0.1, 0.15) is 42.5 Å². The van der Waals surface area contributed by atoms with Crippen LogP contribution in [0.25, 0.3) is 10.9 Å². The molecule has 2 heterocycles. The minimum atomic E-state index is 0. The Morgan fingerprint density at radius 2 is 1.72 bits per heavy atom. The molecule has 150 valence electrons. The van der Waals surface area contributed by atoms with Crippen LogP contribution in [-0.4, -0.2) is 18.1 Å². The molecule has 4 rings (SSSR count). The Morgan fingerprint density at radius 3 is 2.41 bits per heavy atom. The molecular formula is C24H26ClN3O. The van der Waals surface area contributed by atoms with E-state index in [1.54, 1.807) is 0 Å². The second-order valence-electron chi connectivity index (χ2n) is 7.46. The van der Waals surface area contributed by atoms with E-state index in [2.05, 4.69) is 30.0 Å². The summed E-state index contributed by atoms with van der Waals surface area (Å²) in [5.74, 6) is 0.816. The van der Waals surface area contributed by atoms with Gasteiger partial charge in [0.25, 0.3) is 0 Å². The molecule has 0 unspecified atom stereocenters. The molecule has 1 aromatic heterocycles. The highest BCUT2D eigenvalue weighted by molar-refractivity contribution is 5.92. The van der Waals surface area contributed by atoms with Crippen LogP contribution in [0, 0.1) is 18.3 Å². The molecule has 0 bridgehead atoms. The molecule has 4 nitrogen and oxygen atoms in total. The number of rotatable bonds is 4. The minimum Gasteiger partial charge on any atom is -0.489 e. The van der Waals surface area contributed by atoms with Gasteiger partial charge in [-0.3, -0.25) is 4.98 Å². The van der Waals surface area contributed by atoms with E-state index in [4.69, 9.17) is 15.0 Å². The second-order valence-corrected chi connectivity index (χ2v) is 7.46. The summed E-state index contributed by atoms with van der Waals surface area (Å²) < 4.78 is 5.98. The van der Waals surface area contributed by atoms with Gasteiger partial charge in [0, 0.05) is 35.9 Å². The number of hydrogen-bond acceptors (Lipinski definition) is 4. The number of aryl methyl sites for hydroxylation is 1. The van der Waals surface area contributed by atoms with Crippen LogP contribution >= 0.6 is 12.4 Å². The summed E-state index contributed by atoms with van der Waals surface area (Å²) in [6, 6.07) is 18.0. The highest BCUT2D eigenvalue weighted by atomic mass is 35.5. The third kappa shape index (κ3) is 4.99. The Kier molecular flexibility index (Phi) is 6.95. The fourth-order valence-electron chi connectivity index (χ4n) is 3.82. The van der Waals surface area contributed by atoms with Crippen LogP contribution in [-0.2, 0) is 6.61 Å². The number of pyridine rings is 1. The predicted molar refractivity (Wildman–Crippen MR) is 120 cm³/mol. The fourth-order valence-corrected chi connectivity index (χ4v) is 3.82. The summed E-state index contributed by atoms with van der Waals surface area (Å²) in [7, 11) is 0. The van der Waals surface area contributed by atoms with Gasteiger partial charge in [-0.05, 0) is 55.7 Å². The topological polar surface area (TPSA) is 49.1 Å². The molecule has 0 radical (unpaired) electrons. The molecule has 0 spiro atoms. The van der Waals surface area contributed by atoms with Gasteiger partial charge in [-0.25, -0.2) is 0 Å². The summed E-state index contributed by atoms with van der Waals surface area (Å²) in [4.78, 5) is 7.27. The lowest BCUT2D eigenvalue weighted by Crippen LogP contribution is -2.24. The first-order valence-electron chi connectivity index (χ1n) is 10.0. The Balaban J connectivity index is 0.00000240. The molecule has 1 aliphatic rings. The summed E-state index contributed by atoms with van der Waals surface area (Å²) in [5, 5.41) is 10.1. The lowest BCUT2D eigenvalue weighted by Gasteiger charge is -2.24. The number of halogens is 1. The Labute approximate surface area is 178 Å². The summed E-state index contributed by atoms with van der Waals surface area (Å²) in [6.07, 6.45) is 5.17. The number of fused-ring (bicyclic) bond motifs is 1. The normalized spacial score (nSPS) is 14.0. The number of benzene rings is 2. The maximum Gasteiger partial charge on any atom is 0.122 e. The van der Waals surface area contributed by atoms with Crippen LogP contribution in [0.5, 0.6) is 5.75 Å². The molecule has 1 aliphatic heterocycles. The molecule has 0 saturated carbocycles. The Bertz CT molecular complexity index is 1000. The SMILES string of the molecule is Cc1cc(N2CCCCCC2)c2ccc(OCc3ccc(C#N)cc3)cc2n1.Cl. The Hall–Kier alpha value is -2.77. The molecular weight excluding hydrogens is 382 g/mol. The molecule has 29 heavy (non-hydrogen) atoms. The first kappa shape index (κ1) is 21.0. The van der Waals surface area contributed by atoms with E-state index < -0.39 is 0 Å². The number of nitrogens with zero attached hydrogens (tertiary/aromatic N) is 3. The van der Waals surface area contributed by atoms with E-state index >= 15 is 0 Å². The van der Waals surface area contributed by atoms with Gasteiger partial charge in [-0.2, -0.15) is 5.26 Å². The first-order chi connectivity index (χ1) is 13.7. The van der Waals surface area contributed by atoms with Crippen molar-refractivity contribution >= 4 is 29.0 Å². The zero-order valence-corrected chi connectivity index (χ0v) is 17.5. The highest BCUT2D eigenvalue weighted by Crippen LogP contribution is 2.31. The fraction of sp³-hybridized carbons (Fsp3) is 0.333. The summed E-state index contributed by atoms with van der Waals surface area (Å²) >= 11 is 0. The lowest BCUT2D eigenvalue weighted by molar-refractivity contribution is 0.306. The average Bonchev–Trinajstić information content (AvgIpc) is 3.01. The van der Waals surface area contributed by atoms with E-state index in [1.165, 1.54) is 36.8 Å². The lowest BCUT2D eigenvalue weighted by atomic mass is 10.1. The van der Waals surface area contributed by atoms with Crippen molar-refractivity contribution in [3.05, 3.63) is 65.4 Å². The van der Waals surface area contributed by atoms with Crippen molar-refractivity contribution < 1.29 is 4.74 Å². The van der Waals surface area contributed by atoms with Gasteiger partial charge < -0.3 is 9.64 Å². The van der Waals surface area contributed by atoms with Crippen LogP contribution in [0.4, 0.5) is 5.69 Å². The van der Waals surface area contributed by atoms with Gasteiger partial charge in [-0.1, -0.05) is 25.0 Å². The molecule has 3 aromatic rings. The largest absolute Gasteiger partial charge is 0.489 e. The zero-order chi connectivity index (χ0) is 19.3. The van der Waals surface area contributed by atoms with Crippen molar-refractivity contribution in [3.8, 4) is 11.8 Å². The van der Waals surface area contributed by atoms with Gasteiger partial charge in [0.1, 0.15) is 12.4 Å². The van der Waals surface area contributed by atoms with Crippen molar-refractivity contribution in [1.29, 1.82) is 5.26 Å². The number of nitriles is 1. The van der Waals surface area contributed by atoms with Crippen molar-refractivity contribution in [2.45, 2.75) is 39.2 Å². The van der Waals surface area contributed by atoms with Crippen molar-refractivity contribution in [2.24, 2.45) is 0 Å². The van der Waals surface area contributed by atoms with E-state index in [1.807, 2.05) is 36.4 Å². The molecule has 0 N–H and O–H groups in total. The van der Waals surface area contributed by atoms with E-state index in [9.17, 15) is 0 Å². The third-order valence-corrected chi connectivity index (χ3v) is 5.32. The van der Waals surface area contributed by atoms with Crippen molar-refractivity contribution in [3.63, 3.8) is 0 Å². The van der Waals surface area contributed by atoms with Gasteiger partial charge in [-0.15, -0.1) is 12.4 Å². The van der Waals surface area contributed by atoms with Crippen LogP contribution in [0.2, 0.25) is 0 Å². The number of aromatic nitrogens is 1. The van der Waals surface area contributed by atoms with Gasteiger partial charge in [0.2, 0.25) is 0 Å². The van der Waals surface area contributed by atoms with E-state index in [0.29, 0.717) is 12.2 Å². The van der Waals surface area contributed by atoms with Gasteiger partial charge in [0.05, 0.1) is 17.1 Å². The highest BCUT2D eigenvalue weighted by Gasteiger charge is 2.14. The van der Waals surface area contributed by atoms with E-state index in [-0.39, 0.29) is 12.4 Å². The summed E-state index contributed by atoms with van der Waals surface area (Å²) in [6.45, 7) is 4.78. The van der Waals surface area contributed by atoms with Crippen molar-refractivity contribution in [2.75, 3.05) is 18.0 Å². The molecule has 0 aliphatic carbocycles. The molecule has 2 aromatic carbocycles. The van der Waals surface area contributed by atoms with Crippen molar-refractivity contribution in [1.82, 2.24) is 4.98 Å². The molecule has 0 amide bonds. The maximum absolute atomic E-state index is 8.90. The maximum atomic E-state index is 8.90. The number of ether oxygens (including phenoxy) is 1. The molecule has 1 saturated heterocycles. The molecule has 5 heteroatoms. The van der Waals surface area contributed by atoms with Crippen LogP contribution < -0.4 is 9.64 Å². The zero-order valence-electron chi connectivity index (χ0n) is 16.7. The quantitative estimate of drug-likeness (QED) is 0.548. The predicted octanol–water partition coefficient (Wildman–Crippen LogP) is 5.80. The van der Waals surface area contributed by atoms with Gasteiger partial charge in [0.15, 0.2) is 0 Å². The second kappa shape index (κ2) is 9.62. The summed E-state index contributed by atoms with van der Waals surface area (Å²) in [5.41, 5.74) is 5.02. The van der Waals surface area contributed by atoms with Crippen LogP contribution in [0.3, 0.4) is 0 Å². The standard InChI is InChI=1S/C24H25N3O.ClH/c1-18-14-24(27-12-4-2-3-5-13-27)22-11-10-21(15-23(22)26-18)28-17-20-8-6-19(16-25)7-9-20;/h6-11,14-15H,2-5,12-13,17H2,1H3;1H. The number of anilines is 1.